The lowest BCUT2D eigenvalue weighted by Gasteiger charge is -2.16. The first-order valence-corrected chi connectivity index (χ1v) is 9.03. The fourth-order valence-electron chi connectivity index (χ4n) is 3.61. The molecule has 2 atom stereocenters. The number of nitrogens with one attached hydrogen (secondary N) is 3. The van der Waals surface area contributed by atoms with E-state index in [1.807, 2.05) is 19.1 Å². The van der Waals surface area contributed by atoms with E-state index in [1.165, 1.54) is 0 Å². The summed E-state index contributed by atoms with van der Waals surface area (Å²) in [5, 5.41) is 14.2. The van der Waals surface area contributed by atoms with Crippen LogP contribution in [0.2, 0.25) is 0 Å². The number of aryl methyl sites for hydroxylation is 1. The van der Waals surface area contributed by atoms with Gasteiger partial charge in [0.2, 0.25) is 0 Å². The maximum Gasteiger partial charge on any atom is 0.320 e. The van der Waals surface area contributed by atoms with E-state index in [0.717, 1.165) is 40.9 Å². The first-order valence-electron chi connectivity index (χ1n) is 9.03. The smallest absolute Gasteiger partial charge is 0.320 e. The quantitative estimate of drug-likeness (QED) is 0.657. The minimum atomic E-state index is -0.238. The summed E-state index contributed by atoms with van der Waals surface area (Å²) in [6, 6.07) is 5.60. The minimum absolute atomic E-state index is 0. The van der Waals surface area contributed by atoms with Crippen molar-refractivity contribution in [1.29, 1.82) is 0 Å². The average Bonchev–Trinajstić information content (AvgIpc) is 3.17. The highest BCUT2D eigenvalue weighted by Gasteiger charge is 2.28. The molecule has 3 N–H and O–H groups in total. The molecule has 3 aromatic rings. The molecule has 0 bridgehead atoms. The highest BCUT2D eigenvalue weighted by molar-refractivity contribution is 5.95. The Balaban J connectivity index is 0.00000150. The van der Waals surface area contributed by atoms with E-state index >= 15 is 0 Å². The number of anilines is 1. The van der Waals surface area contributed by atoms with Gasteiger partial charge in [0.25, 0.3) is 0 Å². The van der Waals surface area contributed by atoms with Crippen LogP contribution in [0.25, 0.3) is 22.2 Å². The SMILES string of the molecule is Cc1cc(-c2n[nH]c3cc(NC(=O)N[C@H]4CN(C)C[C@@H]4C)ncc23)ccn1.[HH].[HH].[HH]. The van der Waals surface area contributed by atoms with Crippen molar-refractivity contribution >= 4 is 22.8 Å². The molecule has 0 unspecified atom stereocenters. The largest absolute Gasteiger partial charge is 0.333 e. The van der Waals surface area contributed by atoms with Crippen LogP contribution in [0.5, 0.6) is 0 Å². The lowest BCUT2D eigenvalue weighted by atomic mass is 10.1. The summed E-state index contributed by atoms with van der Waals surface area (Å²) in [5.41, 5.74) is 3.55. The van der Waals surface area contributed by atoms with Gasteiger partial charge in [-0.1, -0.05) is 6.92 Å². The molecule has 1 fully saturated rings. The Morgan fingerprint density at radius 1 is 1.33 bits per heavy atom. The number of aromatic nitrogens is 4. The molecular weight excluding hydrogens is 342 g/mol. The molecule has 1 saturated heterocycles. The topological polar surface area (TPSA) is 98.8 Å². The van der Waals surface area contributed by atoms with E-state index in [4.69, 9.17) is 0 Å². The number of hydrogen-bond donors (Lipinski definition) is 3. The molecule has 146 valence electrons. The van der Waals surface area contributed by atoms with Crippen LogP contribution in [0.1, 0.15) is 16.9 Å². The van der Waals surface area contributed by atoms with Crippen molar-refractivity contribution in [3.8, 4) is 11.3 Å². The van der Waals surface area contributed by atoms with Gasteiger partial charge in [-0.25, -0.2) is 9.78 Å². The number of rotatable bonds is 3. The Hall–Kier alpha value is -3.00. The summed E-state index contributed by atoms with van der Waals surface area (Å²) in [5.74, 6) is 0.912. The number of fused-ring (bicyclic) bond motifs is 1. The normalized spacial score (nSPS) is 20.1. The summed E-state index contributed by atoms with van der Waals surface area (Å²) >= 11 is 0. The molecule has 3 aromatic heterocycles. The first kappa shape index (κ1) is 17.4. The standard InChI is InChI=1S/C19H23N7O.3H2/c1-11-9-26(3)10-16(11)22-19(27)23-17-7-15-14(8-21-17)18(25-24-15)13-4-5-20-12(2)6-13;;;/h4-8,11,16H,9-10H2,1-3H3,(H,24,25)(H2,21,22,23,27);3*1H/t11-,16-;;;/m0.../s1. The van der Waals surface area contributed by atoms with Crippen LogP contribution in [0.3, 0.4) is 0 Å². The van der Waals surface area contributed by atoms with Gasteiger partial charge in [0, 0.05) is 58.5 Å². The minimum Gasteiger partial charge on any atom is -0.333 e. The van der Waals surface area contributed by atoms with Crippen LogP contribution < -0.4 is 10.6 Å². The number of hydrogen-bond acceptors (Lipinski definition) is 5. The van der Waals surface area contributed by atoms with Crippen molar-refractivity contribution in [2.75, 3.05) is 25.5 Å². The molecule has 4 rings (SSSR count). The van der Waals surface area contributed by atoms with Gasteiger partial charge >= 0.3 is 6.03 Å². The molecule has 0 radical (unpaired) electrons. The maximum absolute atomic E-state index is 12.3. The Kier molecular flexibility index (Phi) is 4.49. The zero-order chi connectivity index (χ0) is 19.0. The number of likely N-dealkylation sites (N-methyl/N-ethyl adjacent to an activating group) is 1. The molecule has 1 aliphatic heterocycles. The Bertz CT molecular complexity index is 997. The lowest BCUT2D eigenvalue weighted by Crippen LogP contribution is -2.42. The van der Waals surface area contributed by atoms with Crippen molar-refractivity contribution in [2.45, 2.75) is 19.9 Å². The van der Waals surface area contributed by atoms with Gasteiger partial charge in [-0.15, -0.1) is 0 Å². The second-order valence-corrected chi connectivity index (χ2v) is 7.28. The highest BCUT2D eigenvalue weighted by Crippen LogP contribution is 2.27. The van der Waals surface area contributed by atoms with Crippen LogP contribution in [0, 0.1) is 12.8 Å². The van der Waals surface area contributed by atoms with Crippen molar-refractivity contribution in [3.63, 3.8) is 0 Å². The third kappa shape index (κ3) is 3.61. The van der Waals surface area contributed by atoms with Gasteiger partial charge in [-0.2, -0.15) is 5.10 Å². The molecule has 8 heteroatoms. The van der Waals surface area contributed by atoms with Gasteiger partial charge in [-0.05, 0) is 32.0 Å². The van der Waals surface area contributed by atoms with E-state index in [0.29, 0.717) is 11.7 Å². The molecule has 8 nitrogen and oxygen atoms in total. The molecule has 2 amide bonds. The number of H-pyrrole nitrogens is 1. The Morgan fingerprint density at radius 2 is 2.19 bits per heavy atom. The summed E-state index contributed by atoms with van der Waals surface area (Å²) in [7, 11) is 2.06. The van der Waals surface area contributed by atoms with Crippen molar-refractivity contribution < 1.29 is 9.07 Å². The second-order valence-electron chi connectivity index (χ2n) is 7.28. The maximum atomic E-state index is 12.3. The predicted octanol–water partition coefficient (Wildman–Crippen LogP) is 3.14. The molecular formula is C19H29N7O. The summed E-state index contributed by atoms with van der Waals surface area (Å²) in [4.78, 5) is 23.1. The number of likely N-dealkylation sites (tertiary alicyclic amines) is 1. The number of amides is 2. The number of carbonyl (C=O) groups excluding carboxylic acids is 1. The number of aromatic amines is 1. The fraction of sp³-hybridized carbons (Fsp3) is 0.368. The second kappa shape index (κ2) is 6.96. The molecule has 0 spiro atoms. The van der Waals surface area contributed by atoms with Crippen molar-refractivity contribution in [1.82, 2.24) is 30.4 Å². The van der Waals surface area contributed by atoms with E-state index < -0.39 is 0 Å². The van der Waals surface area contributed by atoms with E-state index in [2.05, 4.69) is 49.7 Å². The molecule has 1 aliphatic rings. The van der Waals surface area contributed by atoms with E-state index in [-0.39, 0.29) is 16.4 Å². The first-order chi connectivity index (χ1) is 13.0. The number of nitrogens with zero attached hydrogens (tertiary/aromatic N) is 4. The number of urea groups is 1. The zero-order valence-electron chi connectivity index (χ0n) is 15.7. The van der Waals surface area contributed by atoms with Gasteiger partial charge in [0.05, 0.1) is 5.52 Å². The molecule has 0 saturated carbocycles. The van der Waals surface area contributed by atoms with E-state index in [1.54, 1.807) is 18.5 Å². The zero-order valence-corrected chi connectivity index (χ0v) is 15.7. The Morgan fingerprint density at radius 3 is 2.93 bits per heavy atom. The van der Waals surface area contributed by atoms with Crippen LogP contribution in [-0.4, -0.2) is 57.3 Å². The predicted molar refractivity (Wildman–Crippen MR) is 111 cm³/mol. The summed E-state index contributed by atoms with van der Waals surface area (Å²) < 4.78 is 0. The van der Waals surface area contributed by atoms with Gasteiger partial charge in [-0.3, -0.25) is 15.4 Å². The van der Waals surface area contributed by atoms with Crippen LogP contribution >= 0.6 is 0 Å². The average molecular weight is 371 g/mol. The molecule has 0 aliphatic carbocycles. The molecule has 4 heterocycles. The highest BCUT2D eigenvalue weighted by atomic mass is 16.2. The van der Waals surface area contributed by atoms with Crippen LogP contribution in [-0.2, 0) is 0 Å². The molecule has 0 aromatic carbocycles. The number of carbonyl (C=O) groups is 1. The third-order valence-corrected chi connectivity index (χ3v) is 4.97. The van der Waals surface area contributed by atoms with Gasteiger partial charge in [0.1, 0.15) is 11.5 Å². The summed E-state index contributed by atoms with van der Waals surface area (Å²) in [6.07, 6.45) is 3.49. The lowest BCUT2D eigenvalue weighted by molar-refractivity contribution is 0.246. The number of pyridine rings is 2. The van der Waals surface area contributed by atoms with E-state index in [9.17, 15) is 4.79 Å². The summed E-state index contributed by atoms with van der Waals surface area (Å²) in [6.45, 7) is 5.93. The third-order valence-electron chi connectivity index (χ3n) is 4.97. The van der Waals surface area contributed by atoms with Gasteiger partial charge in [0.15, 0.2) is 0 Å². The van der Waals surface area contributed by atoms with Crippen molar-refractivity contribution in [2.24, 2.45) is 5.92 Å². The van der Waals surface area contributed by atoms with Crippen LogP contribution in [0.15, 0.2) is 30.6 Å². The fourth-order valence-corrected chi connectivity index (χ4v) is 3.61. The molecule has 27 heavy (non-hydrogen) atoms. The van der Waals surface area contributed by atoms with Crippen LogP contribution in [0.4, 0.5) is 10.6 Å². The Labute approximate surface area is 161 Å². The monoisotopic (exact) mass is 371 g/mol. The van der Waals surface area contributed by atoms with Gasteiger partial charge < -0.3 is 10.2 Å². The van der Waals surface area contributed by atoms with Crippen molar-refractivity contribution in [3.05, 3.63) is 36.3 Å².